The molecule has 1 aromatic rings. The van der Waals surface area contributed by atoms with Crippen molar-refractivity contribution in [2.75, 3.05) is 38.1 Å². The lowest BCUT2D eigenvalue weighted by Crippen LogP contribution is -2.44. The van der Waals surface area contributed by atoms with Gasteiger partial charge in [0.2, 0.25) is 0 Å². The maximum absolute atomic E-state index is 10.8. The highest BCUT2D eigenvalue weighted by atomic mass is 79.9. The van der Waals surface area contributed by atoms with Crippen LogP contribution in [0.2, 0.25) is 0 Å². The highest BCUT2D eigenvalue weighted by Gasteiger charge is 2.20. The number of nitro groups is 1. The Labute approximate surface area is 115 Å². The van der Waals surface area contributed by atoms with E-state index < -0.39 is 0 Å². The van der Waals surface area contributed by atoms with Gasteiger partial charge >= 0.3 is 0 Å². The van der Waals surface area contributed by atoms with E-state index in [0.717, 1.165) is 41.9 Å². The second-order valence-electron chi connectivity index (χ2n) is 4.64. The van der Waals surface area contributed by atoms with Crippen LogP contribution in [0.15, 0.2) is 16.6 Å². The second kappa shape index (κ2) is 5.24. The maximum Gasteiger partial charge on any atom is 0.270 e. The molecule has 18 heavy (non-hydrogen) atoms. The normalized spacial score (nSPS) is 16.9. The summed E-state index contributed by atoms with van der Waals surface area (Å²) in [5.41, 5.74) is 2.16. The highest BCUT2D eigenvalue weighted by Crippen LogP contribution is 2.34. The molecule has 1 aliphatic rings. The number of rotatable bonds is 2. The van der Waals surface area contributed by atoms with Crippen molar-refractivity contribution in [1.29, 1.82) is 0 Å². The summed E-state index contributed by atoms with van der Waals surface area (Å²) in [6.07, 6.45) is 0. The number of nitrogens with zero attached hydrogens (tertiary/aromatic N) is 3. The Morgan fingerprint density at radius 2 is 1.89 bits per heavy atom. The van der Waals surface area contributed by atoms with Gasteiger partial charge in [0.05, 0.1) is 10.6 Å². The number of aryl methyl sites for hydroxylation is 1. The highest BCUT2D eigenvalue weighted by molar-refractivity contribution is 9.10. The molecule has 1 fully saturated rings. The fraction of sp³-hybridized carbons (Fsp3) is 0.500. The van der Waals surface area contributed by atoms with E-state index in [-0.39, 0.29) is 10.6 Å². The van der Waals surface area contributed by atoms with Gasteiger partial charge in [-0.3, -0.25) is 10.1 Å². The summed E-state index contributed by atoms with van der Waals surface area (Å²) in [5.74, 6) is 0. The van der Waals surface area contributed by atoms with Crippen molar-refractivity contribution < 1.29 is 4.92 Å². The topological polar surface area (TPSA) is 49.6 Å². The molecule has 1 saturated heterocycles. The Kier molecular flexibility index (Phi) is 3.87. The summed E-state index contributed by atoms with van der Waals surface area (Å²) in [6, 6.07) is 3.22. The van der Waals surface area contributed by atoms with E-state index >= 15 is 0 Å². The Morgan fingerprint density at radius 3 is 2.39 bits per heavy atom. The minimum absolute atomic E-state index is 0.136. The van der Waals surface area contributed by atoms with E-state index in [0.29, 0.717) is 0 Å². The van der Waals surface area contributed by atoms with Crippen LogP contribution in [0.3, 0.4) is 0 Å². The molecule has 0 saturated carbocycles. The lowest BCUT2D eigenvalue weighted by atomic mass is 10.1. The van der Waals surface area contributed by atoms with Crippen LogP contribution in [0.1, 0.15) is 5.56 Å². The SMILES string of the molecule is Cc1cc([N+](=O)[O-])cc(Br)c1N1CCN(C)CC1. The number of likely N-dealkylation sites (N-methyl/N-ethyl adjacent to an activating group) is 1. The van der Waals surface area contributed by atoms with Crippen LogP contribution >= 0.6 is 15.9 Å². The van der Waals surface area contributed by atoms with Gasteiger partial charge in [-0.25, -0.2) is 0 Å². The maximum atomic E-state index is 10.8. The van der Waals surface area contributed by atoms with Crippen molar-refractivity contribution in [3.8, 4) is 0 Å². The molecule has 0 spiro atoms. The average Bonchev–Trinajstić information content (AvgIpc) is 2.30. The monoisotopic (exact) mass is 313 g/mol. The fourth-order valence-corrected chi connectivity index (χ4v) is 3.05. The molecule has 0 N–H and O–H groups in total. The Morgan fingerprint density at radius 1 is 1.28 bits per heavy atom. The van der Waals surface area contributed by atoms with Crippen LogP contribution in [0.4, 0.5) is 11.4 Å². The number of hydrogen-bond acceptors (Lipinski definition) is 4. The molecule has 0 aromatic heterocycles. The summed E-state index contributed by atoms with van der Waals surface area (Å²) in [5, 5.41) is 10.8. The first-order valence-corrected chi connectivity index (χ1v) is 6.66. The molecule has 2 rings (SSSR count). The number of anilines is 1. The number of piperazine rings is 1. The lowest BCUT2D eigenvalue weighted by Gasteiger charge is -2.35. The quantitative estimate of drug-likeness (QED) is 0.621. The summed E-state index contributed by atoms with van der Waals surface area (Å²) in [6.45, 7) is 5.86. The van der Waals surface area contributed by atoms with Gasteiger partial charge in [-0.05, 0) is 35.5 Å². The van der Waals surface area contributed by atoms with Crippen LogP contribution in [0, 0.1) is 17.0 Å². The number of non-ortho nitro benzene ring substituents is 1. The zero-order valence-corrected chi connectivity index (χ0v) is 12.1. The van der Waals surface area contributed by atoms with Crippen molar-refractivity contribution >= 4 is 27.3 Å². The van der Waals surface area contributed by atoms with E-state index in [2.05, 4.69) is 32.8 Å². The third kappa shape index (κ3) is 2.64. The van der Waals surface area contributed by atoms with Crippen molar-refractivity contribution in [3.63, 3.8) is 0 Å². The third-order valence-electron chi connectivity index (χ3n) is 3.27. The van der Waals surface area contributed by atoms with Gasteiger partial charge in [-0.1, -0.05) is 0 Å². The molecular formula is C12H16BrN3O2. The van der Waals surface area contributed by atoms with E-state index in [4.69, 9.17) is 0 Å². The molecule has 1 aliphatic heterocycles. The first kappa shape index (κ1) is 13.3. The number of nitro benzene ring substituents is 1. The second-order valence-corrected chi connectivity index (χ2v) is 5.49. The zero-order chi connectivity index (χ0) is 13.3. The van der Waals surface area contributed by atoms with Gasteiger partial charge in [0.25, 0.3) is 5.69 Å². The molecular weight excluding hydrogens is 298 g/mol. The lowest BCUT2D eigenvalue weighted by molar-refractivity contribution is -0.385. The van der Waals surface area contributed by atoms with Gasteiger partial charge in [0.15, 0.2) is 0 Å². The van der Waals surface area contributed by atoms with Crippen LogP contribution < -0.4 is 4.90 Å². The third-order valence-corrected chi connectivity index (χ3v) is 3.87. The Balaban J connectivity index is 2.31. The van der Waals surface area contributed by atoms with Gasteiger partial charge in [0, 0.05) is 42.8 Å². The smallest absolute Gasteiger partial charge is 0.270 e. The van der Waals surface area contributed by atoms with E-state index in [9.17, 15) is 10.1 Å². The fourth-order valence-electron chi connectivity index (χ4n) is 2.25. The first-order valence-electron chi connectivity index (χ1n) is 5.87. The molecule has 1 heterocycles. The number of halogens is 1. The Bertz CT molecular complexity index is 447. The number of benzene rings is 1. The van der Waals surface area contributed by atoms with Gasteiger partial charge in [-0.15, -0.1) is 0 Å². The predicted octanol–water partition coefficient (Wildman–Crippen LogP) is 2.42. The molecule has 0 unspecified atom stereocenters. The average molecular weight is 314 g/mol. The van der Waals surface area contributed by atoms with E-state index in [1.165, 1.54) is 0 Å². The summed E-state index contributed by atoms with van der Waals surface area (Å²) in [4.78, 5) is 15.0. The molecule has 0 bridgehead atoms. The molecule has 5 nitrogen and oxygen atoms in total. The van der Waals surface area contributed by atoms with E-state index in [1.54, 1.807) is 12.1 Å². The van der Waals surface area contributed by atoms with Crippen molar-refractivity contribution in [3.05, 3.63) is 32.3 Å². The number of hydrogen-bond donors (Lipinski definition) is 0. The molecule has 0 amide bonds. The predicted molar refractivity (Wildman–Crippen MR) is 75.2 cm³/mol. The minimum atomic E-state index is -0.356. The van der Waals surface area contributed by atoms with Gasteiger partial charge < -0.3 is 9.80 Å². The van der Waals surface area contributed by atoms with Crippen molar-refractivity contribution in [2.24, 2.45) is 0 Å². The van der Waals surface area contributed by atoms with Gasteiger partial charge in [-0.2, -0.15) is 0 Å². The van der Waals surface area contributed by atoms with Crippen LogP contribution in [-0.4, -0.2) is 43.0 Å². The standard InChI is InChI=1S/C12H16BrN3O2/c1-9-7-10(16(17)18)8-11(13)12(9)15-5-3-14(2)4-6-15/h7-8H,3-6H2,1-2H3. The van der Waals surface area contributed by atoms with Crippen molar-refractivity contribution in [2.45, 2.75) is 6.92 Å². The summed E-state index contributed by atoms with van der Waals surface area (Å²) in [7, 11) is 2.11. The molecule has 0 radical (unpaired) electrons. The summed E-state index contributed by atoms with van der Waals surface area (Å²) < 4.78 is 0.804. The molecule has 1 aromatic carbocycles. The molecule has 0 aliphatic carbocycles. The largest absolute Gasteiger partial charge is 0.368 e. The van der Waals surface area contributed by atoms with Crippen LogP contribution in [-0.2, 0) is 0 Å². The van der Waals surface area contributed by atoms with Crippen LogP contribution in [0.5, 0.6) is 0 Å². The van der Waals surface area contributed by atoms with Crippen molar-refractivity contribution in [1.82, 2.24) is 4.90 Å². The van der Waals surface area contributed by atoms with E-state index in [1.807, 2.05) is 6.92 Å². The summed E-state index contributed by atoms with van der Waals surface area (Å²) >= 11 is 3.46. The minimum Gasteiger partial charge on any atom is -0.368 e. The molecule has 0 atom stereocenters. The Hall–Kier alpha value is -1.14. The molecule has 98 valence electrons. The van der Waals surface area contributed by atoms with Gasteiger partial charge in [0.1, 0.15) is 0 Å². The van der Waals surface area contributed by atoms with Crippen LogP contribution in [0.25, 0.3) is 0 Å². The first-order chi connectivity index (χ1) is 8.49. The molecule has 6 heteroatoms. The zero-order valence-electron chi connectivity index (χ0n) is 10.5.